The average molecular weight is 407 g/mol. The molecule has 0 saturated heterocycles. The van der Waals surface area contributed by atoms with E-state index >= 15 is 0 Å². The molecule has 1 N–H and O–H groups in total. The summed E-state index contributed by atoms with van der Waals surface area (Å²) in [5.41, 5.74) is 3.45. The minimum atomic E-state index is -0.117. The molecular formula is C22H21N3O3S. The number of carbonyl (C=O) groups is 1. The average Bonchev–Trinajstić information content (AvgIpc) is 3.35. The molecule has 4 aromatic rings. The first-order chi connectivity index (χ1) is 14.2. The van der Waals surface area contributed by atoms with Gasteiger partial charge < -0.3 is 14.8 Å². The van der Waals surface area contributed by atoms with Gasteiger partial charge in [0, 0.05) is 23.7 Å². The molecule has 0 bridgehead atoms. The first-order valence-electron chi connectivity index (χ1n) is 9.20. The number of hydrogen-bond acceptors (Lipinski definition) is 5. The number of hydrogen-bond donors (Lipinski definition) is 1. The van der Waals surface area contributed by atoms with Crippen LogP contribution in [0.2, 0.25) is 0 Å². The van der Waals surface area contributed by atoms with Gasteiger partial charge in [-0.15, -0.1) is 11.3 Å². The maximum atomic E-state index is 12.7. The van der Waals surface area contributed by atoms with E-state index in [1.165, 1.54) is 11.3 Å². The van der Waals surface area contributed by atoms with Gasteiger partial charge in [0.2, 0.25) is 0 Å². The number of fused-ring (bicyclic) bond motifs is 1. The quantitative estimate of drug-likeness (QED) is 0.502. The van der Waals surface area contributed by atoms with E-state index in [0.717, 1.165) is 39.7 Å². The van der Waals surface area contributed by atoms with Crippen LogP contribution >= 0.6 is 11.3 Å². The number of amides is 1. The van der Waals surface area contributed by atoms with Gasteiger partial charge in [-0.1, -0.05) is 24.3 Å². The Balaban J connectivity index is 1.47. The highest BCUT2D eigenvalue weighted by Gasteiger charge is 2.15. The molecule has 2 heterocycles. The van der Waals surface area contributed by atoms with Crippen LogP contribution in [0.15, 0.2) is 60.1 Å². The second-order valence-corrected chi connectivity index (χ2v) is 7.33. The van der Waals surface area contributed by atoms with E-state index in [9.17, 15) is 4.79 Å². The molecule has 29 heavy (non-hydrogen) atoms. The molecule has 0 spiro atoms. The molecule has 148 valence electrons. The zero-order valence-electron chi connectivity index (χ0n) is 16.2. The molecule has 7 heteroatoms. The lowest BCUT2D eigenvalue weighted by Gasteiger charge is -2.06. The topological polar surface area (TPSA) is 64.9 Å². The Bertz CT molecular complexity index is 1150. The Morgan fingerprint density at radius 1 is 1.10 bits per heavy atom. The number of thiazole rings is 1. The molecule has 2 aromatic heterocycles. The van der Waals surface area contributed by atoms with Crippen LogP contribution in [0.4, 0.5) is 0 Å². The van der Waals surface area contributed by atoms with Gasteiger partial charge in [0.05, 0.1) is 19.9 Å². The van der Waals surface area contributed by atoms with Crippen LogP contribution in [0, 0.1) is 0 Å². The fourth-order valence-electron chi connectivity index (χ4n) is 3.11. The minimum absolute atomic E-state index is 0.117. The number of nitrogens with zero attached hydrogens (tertiary/aromatic N) is 2. The SMILES string of the molecule is COc1cccc(CCNC(=O)c2csc3nc(-c4cccc(OC)c4)cn23)c1. The van der Waals surface area contributed by atoms with Gasteiger partial charge in [-0.3, -0.25) is 9.20 Å². The number of nitrogens with one attached hydrogen (secondary N) is 1. The van der Waals surface area contributed by atoms with E-state index in [0.29, 0.717) is 12.2 Å². The van der Waals surface area contributed by atoms with Gasteiger partial charge in [0.25, 0.3) is 5.91 Å². The number of benzene rings is 2. The van der Waals surface area contributed by atoms with E-state index in [1.807, 2.05) is 64.5 Å². The Labute approximate surface area is 172 Å². The van der Waals surface area contributed by atoms with Gasteiger partial charge in [-0.25, -0.2) is 4.98 Å². The predicted octanol–water partition coefficient (Wildman–Crippen LogP) is 4.05. The number of imidazole rings is 1. The molecule has 0 fully saturated rings. The molecule has 0 radical (unpaired) electrons. The van der Waals surface area contributed by atoms with Crippen molar-refractivity contribution in [1.29, 1.82) is 0 Å². The highest BCUT2D eigenvalue weighted by Crippen LogP contribution is 2.26. The monoisotopic (exact) mass is 407 g/mol. The second kappa shape index (κ2) is 8.36. The van der Waals surface area contributed by atoms with Crippen molar-refractivity contribution in [1.82, 2.24) is 14.7 Å². The van der Waals surface area contributed by atoms with Gasteiger partial charge in [-0.05, 0) is 36.2 Å². The third-order valence-corrected chi connectivity index (χ3v) is 5.48. The summed E-state index contributed by atoms with van der Waals surface area (Å²) in [6, 6.07) is 15.6. The van der Waals surface area contributed by atoms with Crippen molar-refractivity contribution in [3.8, 4) is 22.8 Å². The smallest absolute Gasteiger partial charge is 0.269 e. The summed E-state index contributed by atoms with van der Waals surface area (Å²) in [6.45, 7) is 0.542. The van der Waals surface area contributed by atoms with E-state index < -0.39 is 0 Å². The third-order valence-electron chi connectivity index (χ3n) is 4.64. The van der Waals surface area contributed by atoms with Gasteiger partial charge in [0.1, 0.15) is 17.2 Å². The number of aromatic nitrogens is 2. The second-order valence-electron chi connectivity index (χ2n) is 6.49. The number of rotatable bonds is 7. The van der Waals surface area contributed by atoms with Crippen molar-refractivity contribution in [2.75, 3.05) is 20.8 Å². The zero-order valence-corrected chi connectivity index (χ0v) is 17.0. The summed E-state index contributed by atoms with van der Waals surface area (Å²) in [5.74, 6) is 1.47. The lowest BCUT2D eigenvalue weighted by atomic mass is 10.1. The van der Waals surface area contributed by atoms with Crippen molar-refractivity contribution >= 4 is 22.2 Å². The van der Waals surface area contributed by atoms with Crippen molar-refractivity contribution in [3.63, 3.8) is 0 Å². The van der Waals surface area contributed by atoms with Crippen molar-refractivity contribution < 1.29 is 14.3 Å². The number of ether oxygens (including phenoxy) is 2. The molecular weight excluding hydrogens is 386 g/mol. The van der Waals surface area contributed by atoms with Gasteiger partial charge in [-0.2, -0.15) is 0 Å². The Morgan fingerprint density at radius 2 is 1.86 bits per heavy atom. The normalized spacial score (nSPS) is 10.8. The lowest BCUT2D eigenvalue weighted by molar-refractivity contribution is 0.0948. The Hall–Kier alpha value is -3.32. The molecule has 4 rings (SSSR count). The summed E-state index contributed by atoms with van der Waals surface area (Å²) in [4.78, 5) is 18.1. The number of carbonyl (C=O) groups excluding carboxylic acids is 1. The largest absolute Gasteiger partial charge is 0.497 e. The standard InChI is InChI=1S/C22H21N3O3S/c1-27-17-7-3-5-15(11-17)9-10-23-21(26)20-14-29-22-24-19(13-25(20)22)16-6-4-8-18(12-16)28-2/h3-8,11-14H,9-10H2,1-2H3,(H,23,26). The predicted molar refractivity (Wildman–Crippen MR) is 114 cm³/mol. The van der Waals surface area contributed by atoms with E-state index in [2.05, 4.69) is 10.3 Å². The van der Waals surface area contributed by atoms with Crippen LogP contribution in [-0.2, 0) is 6.42 Å². The van der Waals surface area contributed by atoms with E-state index in [-0.39, 0.29) is 5.91 Å². The highest BCUT2D eigenvalue weighted by atomic mass is 32.1. The first-order valence-corrected chi connectivity index (χ1v) is 10.1. The Morgan fingerprint density at radius 3 is 2.66 bits per heavy atom. The summed E-state index contributed by atoms with van der Waals surface area (Å²) in [7, 11) is 3.28. The van der Waals surface area contributed by atoms with Crippen LogP contribution < -0.4 is 14.8 Å². The molecule has 0 unspecified atom stereocenters. The van der Waals surface area contributed by atoms with Crippen LogP contribution in [0.5, 0.6) is 11.5 Å². The van der Waals surface area contributed by atoms with E-state index in [4.69, 9.17) is 9.47 Å². The van der Waals surface area contributed by atoms with Crippen LogP contribution in [0.25, 0.3) is 16.2 Å². The summed E-state index contributed by atoms with van der Waals surface area (Å²) in [5, 5.41) is 4.82. The fraction of sp³-hybridized carbons (Fsp3) is 0.182. The van der Waals surface area contributed by atoms with Crippen LogP contribution in [-0.4, -0.2) is 36.1 Å². The fourth-order valence-corrected chi connectivity index (χ4v) is 3.96. The van der Waals surface area contributed by atoms with Crippen molar-refractivity contribution in [3.05, 3.63) is 71.4 Å². The Kier molecular flexibility index (Phi) is 5.48. The lowest BCUT2D eigenvalue weighted by Crippen LogP contribution is -2.26. The van der Waals surface area contributed by atoms with E-state index in [1.54, 1.807) is 14.2 Å². The molecule has 0 aliphatic heterocycles. The molecule has 0 aliphatic rings. The summed E-state index contributed by atoms with van der Waals surface area (Å²) >= 11 is 1.45. The van der Waals surface area contributed by atoms with Crippen molar-refractivity contribution in [2.45, 2.75) is 6.42 Å². The molecule has 6 nitrogen and oxygen atoms in total. The number of methoxy groups -OCH3 is 2. The maximum Gasteiger partial charge on any atom is 0.269 e. The minimum Gasteiger partial charge on any atom is -0.497 e. The first kappa shape index (κ1) is 19.0. The highest BCUT2D eigenvalue weighted by molar-refractivity contribution is 7.15. The summed E-state index contributed by atoms with van der Waals surface area (Å²) < 4.78 is 12.4. The molecule has 0 saturated carbocycles. The zero-order chi connectivity index (χ0) is 20.2. The third kappa shape index (κ3) is 4.09. The molecule has 1 amide bonds. The van der Waals surface area contributed by atoms with Crippen LogP contribution in [0.1, 0.15) is 16.1 Å². The summed E-state index contributed by atoms with van der Waals surface area (Å²) in [6.07, 6.45) is 2.62. The van der Waals surface area contributed by atoms with Crippen molar-refractivity contribution in [2.24, 2.45) is 0 Å². The maximum absolute atomic E-state index is 12.7. The van der Waals surface area contributed by atoms with Gasteiger partial charge in [0.15, 0.2) is 4.96 Å². The molecule has 0 aliphatic carbocycles. The van der Waals surface area contributed by atoms with Crippen LogP contribution in [0.3, 0.4) is 0 Å². The van der Waals surface area contributed by atoms with Gasteiger partial charge >= 0.3 is 0 Å². The molecule has 0 atom stereocenters. The molecule has 2 aromatic carbocycles.